The molecule has 168 valence electrons. The highest BCUT2D eigenvalue weighted by Gasteiger charge is 2.18. The zero-order valence-corrected chi connectivity index (χ0v) is 19.5. The van der Waals surface area contributed by atoms with Crippen molar-refractivity contribution in [2.45, 2.75) is 13.7 Å². The van der Waals surface area contributed by atoms with Crippen molar-refractivity contribution >= 4 is 21.1 Å². The number of phenolic OH excluding ortho intramolecular Hbond substituents is 1. The summed E-state index contributed by atoms with van der Waals surface area (Å²) in [7, 11) is -0.646. The lowest BCUT2D eigenvalue weighted by atomic mass is 10.1. The zero-order chi connectivity index (χ0) is 22.9. The molecule has 32 heavy (non-hydrogen) atoms. The highest BCUT2D eigenvalue weighted by atomic mass is 32.3. The molecule has 0 aliphatic heterocycles. The number of halogens is 1. The molecule has 2 aromatic carbocycles. The Balaban J connectivity index is 1.77. The standard InChI is InChI=1S/C24H27FN4O2S/c1-16-6-5-7-19(25)21(16)24-26-14-20-23(27-24)22(17-8-10-18(30)11-9-17)28-29(20)15-31-12-13-32(2,3)4/h5-11,14,30H,12-13,15H2,1-4H3. The SMILES string of the molecule is Cc1cccc(F)c1-c1ncc2c(n1)c(-c1ccc(O)cc1)nn2COCCS(C)(C)C. The van der Waals surface area contributed by atoms with Gasteiger partial charge in [-0.15, -0.1) is 0 Å². The summed E-state index contributed by atoms with van der Waals surface area (Å²) < 4.78 is 22.2. The summed E-state index contributed by atoms with van der Waals surface area (Å²) >= 11 is 0. The number of rotatable bonds is 7. The van der Waals surface area contributed by atoms with Crippen LogP contribution >= 0.6 is 10.0 Å². The van der Waals surface area contributed by atoms with Gasteiger partial charge < -0.3 is 9.84 Å². The number of hydrogen-bond donors (Lipinski definition) is 1. The molecule has 8 heteroatoms. The summed E-state index contributed by atoms with van der Waals surface area (Å²) in [5.41, 5.74) is 3.87. The largest absolute Gasteiger partial charge is 0.508 e. The van der Waals surface area contributed by atoms with Gasteiger partial charge in [0.15, 0.2) is 5.82 Å². The van der Waals surface area contributed by atoms with Crippen molar-refractivity contribution in [1.82, 2.24) is 19.7 Å². The summed E-state index contributed by atoms with van der Waals surface area (Å²) in [5, 5.41) is 14.4. The quantitative estimate of drug-likeness (QED) is 0.399. The first-order chi connectivity index (χ1) is 15.2. The third-order valence-electron chi connectivity index (χ3n) is 5.13. The molecule has 0 aliphatic carbocycles. The molecule has 4 rings (SSSR count). The van der Waals surface area contributed by atoms with Gasteiger partial charge >= 0.3 is 0 Å². The Morgan fingerprint density at radius 3 is 2.53 bits per heavy atom. The van der Waals surface area contributed by atoms with E-state index in [1.807, 2.05) is 13.0 Å². The Kier molecular flexibility index (Phi) is 6.17. The Bertz CT molecular complexity index is 1230. The van der Waals surface area contributed by atoms with Crippen molar-refractivity contribution in [3.05, 3.63) is 60.0 Å². The molecular formula is C24H27FN4O2S. The van der Waals surface area contributed by atoms with Gasteiger partial charge in [-0.3, -0.25) is 0 Å². The first kappa shape index (κ1) is 22.2. The van der Waals surface area contributed by atoms with E-state index in [0.29, 0.717) is 34.7 Å². The van der Waals surface area contributed by atoms with Gasteiger partial charge in [0.1, 0.15) is 35.0 Å². The minimum absolute atomic E-state index is 0.169. The van der Waals surface area contributed by atoms with E-state index in [9.17, 15) is 9.50 Å². The van der Waals surface area contributed by atoms with Crippen LogP contribution in [-0.4, -0.2) is 56.0 Å². The van der Waals surface area contributed by atoms with Crippen LogP contribution in [0.4, 0.5) is 4.39 Å². The van der Waals surface area contributed by atoms with Crippen molar-refractivity contribution < 1.29 is 14.2 Å². The second-order valence-corrected chi connectivity index (χ2v) is 13.2. The summed E-state index contributed by atoms with van der Waals surface area (Å²) in [6.45, 7) is 2.74. The van der Waals surface area contributed by atoms with Crippen LogP contribution in [0.5, 0.6) is 5.75 Å². The fraction of sp³-hybridized carbons (Fsp3) is 0.292. The van der Waals surface area contributed by atoms with E-state index >= 15 is 0 Å². The Labute approximate surface area is 188 Å². The molecule has 0 atom stereocenters. The topological polar surface area (TPSA) is 73.1 Å². The average molecular weight is 455 g/mol. The van der Waals surface area contributed by atoms with Crippen molar-refractivity contribution in [1.29, 1.82) is 0 Å². The summed E-state index contributed by atoms with van der Waals surface area (Å²) in [4.78, 5) is 9.15. The number of aromatic hydroxyl groups is 1. The van der Waals surface area contributed by atoms with Crippen molar-refractivity contribution in [3.63, 3.8) is 0 Å². The number of phenols is 1. The van der Waals surface area contributed by atoms with Crippen LogP contribution in [0.3, 0.4) is 0 Å². The first-order valence-electron chi connectivity index (χ1n) is 10.2. The molecule has 0 bridgehead atoms. The number of aryl methyl sites for hydroxylation is 1. The second kappa shape index (κ2) is 8.88. The van der Waals surface area contributed by atoms with E-state index in [2.05, 4.69) is 23.8 Å². The lowest BCUT2D eigenvalue weighted by molar-refractivity contribution is 0.0842. The summed E-state index contributed by atoms with van der Waals surface area (Å²) in [6, 6.07) is 11.7. The molecule has 4 aromatic rings. The van der Waals surface area contributed by atoms with Crippen LogP contribution in [0.2, 0.25) is 0 Å². The number of fused-ring (bicyclic) bond motifs is 1. The normalized spacial score (nSPS) is 12.4. The molecule has 0 spiro atoms. The molecule has 0 unspecified atom stereocenters. The Morgan fingerprint density at radius 1 is 1.09 bits per heavy atom. The molecule has 0 saturated heterocycles. The van der Waals surface area contributed by atoms with E-state index in [1.165, 1.54) is 6.07 Å². The monoisotopic (exact) mass is 454 g/mol. The zero-order valence-electron chi connectivity index (χ0n) is 18.7. The number of ether oxygens (including phenoxy) is 1. The Hall–Kier alpha value is -2.97. The lowest BCUT2D eigenvalue weighted by Crippen LogP contribution is -2.11. The van der Waals surface area contributed by atoms with Gasteiger partial charge in [0.05, 0.1) is 18.4 Å². The third-order valence-corrected chi connectivity index (χ3v) is 6.52. The van der Waals surface area contributed by atoms with E-state index in [0.717, 1.165) is 16.9 Å². The van der Waals surface area contributed by atoms with Gasteiger partial charge in [-0.1, -0.05) is 12.1 Å². The molecule has 2 aromatic heterocycles. The van der Waals surface area contributed by atoms with Crippen LogP contribution in [-0.2, 0) is 11.5 Å². The molecular weight excluding hydrogens is 427 g/mol. The van der Waals surface area contributed by atoms with Gasteiger partial charge in [-0.05, 0) is 61.6 Å². The van der Waals surface area contributed by atoms with Crippen LogP contribution in [0.15, 0.2) is 48.7 Å². The van der Waals surface area contributed by atoms with Crippen molar-refractivity contribution in [3.8, 4) is 28.4 Å². The highest BCUT2D eigenvalue weighted by molar-refractivity contribution is 8.32. The fourth-order valence-electron chi connectivity index (χ4n) is 3.37. The maximum atomic E-state index is 14.6. The van der Waals surface area contributed by atoms with E-state index in [-0.39, 0.29) is 18.3 Å². The maximum absolute atomic E-state index is 14.6. The first-order valence-corrected chi connectivity index (χ1v) is 13.3. The van der Waals surface area contributed by atoms with Gasteiger partial charge in [-0.25, -0.2) is 29.1 Å². The van der Waals surface area contributed by atoms with Crippen LogP contribution in [0, 0.1) is 12.7 Å². The molecule has 0 aliphatic rings. The van der Waals surface area contributed by atoms with Crippen LogP contribution in [0.1, 0.15) is 5.56 Å². The number of benzene rings is 2. The number of hydrogen-bond acceptors (Lipinski definition) is 5. The fourth-order valence-corrected chi connectivity index (χ4v) is 3.99. The summed E-state index contributed by atoms with van der Waals surface area (Å²) in [6.07, 6.45) is 8.42. The molecule has 0 radical (unpaired) electrons. The number of aromatic nitrogens is 4. The molecule has 6 nitrogen and oxygen atoms in total. The van der Waals surface area contributed by atoms with Crippen molar-refractivity contribution in [2.75, 3.05) is 31.1 Å². The molecule has 0 fully saturated rings. The highest BCUT2D eigenvalue weighted by Crippen LogP contribution is 2.34. The van der Waals surface area contributed by atoms with Gasteiger partial charge in [0, 0.05) is 11.3 Å². The predicted octanol–water partition coefficient (Wildman–Crippen LogP) is 4.98. The maximum Gasteiger partial charge on any atom is 0.163 e. The minimum atomic E-state index is -0.646. The minimum Gasteiger partial charge on any atom is -0.508 e. The van der Waals surface area contributed by atoms with Crippen LogP contribution < -0.4 is 0 Å². The van der Waals surface area contributed by atoms with Gasteiger partial charge in [-0.2, -0.15) is 5.10 Å². The summed E-state index contributed by atoms with van der Waals surface area (Å²) in [5.74, 6) is 1.12. The lowest BCUT2D eigenvalue weighted by Gasteiger charge is -2.24. The average Bonchev–Trinajstić information content (AvgIpc) is 3.09. The number of nitrogens with zero attached hydrogens (tertiary/aromatic N) is 4. The van der Waals surface area contributed by atoms with E-state index in [4.69, 9.17) is 14.8 Å². The molecule has 1 N–H and O–H groups in total. The second-order valence-electron chi connectivity index (χ2n) is 8.59. The van der Waals surface area contributed by atoms with Gasteiger partial charge in [0.25, 0.3) is 0 Å². The third kappa shape index (κ3) is 4.76. The van der Waals surface area contributed by atoms with Crippen molar-refractivity contribution in [2.24, 2.45) is 0 Å². The van der Waals surface area contributed by atoms with E-state index in [1.54, 1.807) is 41.2 Å². The van der Waals surface area contributed by atoms with Gasteiger partial charge in [0.2, 0.25) is 0 Å². The van der Waals surface area contributed by atoms with Crippen LogP contribution in [0.25, 0.3) is 33.7 Å². The predicted molar refractivity (Wildman–Crippen MR) is 129 cm³/mol. The molecule has 0 saturated carbocycles. The molecule has 2 heterocycles. The Morgan fingerprint density at radius 2 is 1.84 bits per heavy atom. The smallest absolute Gasteiger partial charge is 0.163 e. The van der Waals surface area contributed by atoms with E-state index < -0.39 is 10.0 Å². The molecule has 0 amide bonds.